The summed E-state index contributed by atoms with van der Waals surface area (Å²) in [6, 6.07) is 8.46. The van der Waals surface area contributed by atoms with E-state index in [0.717, 1.165) is 67.4 Å². The third-order valence-corrected chi connectivity index (χ3v) is 6.58. The van der Waals surface area contributed by atoms with Gasteiger partial charge in [-0.1, -0.05) is 29.3 Å². The third-order valence-electron chi connectivity index (χ3n) is 6.01. The zero-order valence-corrected chi connectivity index (χ0v) is 18.6. The molecule has 9 heteroatoms. The van der Waals surface area contributed by atoms with Gasteiger partial charge < -0.3 is 10.6 Å². The van der Waals surface area contributed by atoms with Crippen molar-refractivity contribution in [1.82, 2.24) is 10.6 Å². The molecule has 2 aliphatic rings. The molecule has 4 rings (SSSR count). The van der Waals surface area contributed by atoms with Gasteiger partial charge in [0.2, 0.25) is 0 Å². The minimum Gasteiger partial charge on any atom is -0.370 e. The van der Waals surface area contributed by atoms with Crippen molar-refractivity contribution >= 4 is 34.9 Å². The van der Waals surface area contributed by atoms with E-state index < -0.39 is 17.6 Å². The number of amides is 1. The number of carbonyl (C=O) groups excluding carboxylic acids is 1. The number of nitrogens with zero attached hydrogens (tertiary/aromatic N) is 1. The number of nitrogens with one attached hydrogen (secondary N) is 2. The smallest absolute Gasteiger partial charge is 0.370 e. The molecule has 1 fully saturated rings. The molecule has 0 saturated heterocycles. The molecule has 32 heavy (non-hydrogen) atoms. The van der Waals surface area contributed by atoms with Crippen LogP contribution in [-0.2, 0) is 12.7 Å². The molecule has 2 aromatic carbocycles. The van der Waals surface area contributed by atoms with E-state index >= 15 is 0 Å². The lowest BCUT2D eigenvalue weighted by Crippen LogP contribution is -2.40. The van der Waals surface area contributed by atoms with Gasteiger partial charge in [-0.3, -0.25) is 9.79 Å². The quantitative estimate of drug-likeness (QED) is 0.572. The topological polar surface area (TPSA) is 53.5 Å². The highest BCUT2D eigenvalue weighted by Crippen LogP contribution is 2.32. The molecule has 1 aliphatic carbocycles. The van der Waals surface area contributed by atoms with Gasteiger partial charge in [0.15, 0.2) is 0 Å². The zero-order chi connectivity index (χ0) is 22.9. The molecule has 0 bridgehead atoms. The highest BCUT2D eigenvalue weighted by atomic mass is 35.5. The van der Waals surface area contributed by atoms with Crippen molar-refractivity contribution in [3.63, 3.8) is 0 Å². The predicted octanol–water partition coefficient (Wildman–Crippen LogP) is 5.85. The Morgan fingerprint density at radius 2 is 1.81 bits per heavy atom. The summed E-state index contributed by atoms with van der Waals surface area (Å²) in [6.45, 7) is 1.41. The molecule has 1 heterocycles. The second kappa shape index (κ2) is 9.32. The Bertz CT molecular complexity index is 1050. The second-order valence-corrected chi connectivity index (χ2v) is 9.07. The Balaban J connectivity index is 1.28. The van der Waals surface area contributed by atoms with Gasteiger partial charge in [-0.05, 0) is 67.5 Å². The van der Waals surface area contributed by atoms with Crippen LogP contribution in [0.4, 0.5) is 13.2 Å². The molecule has 2 N–H and O–H groups in total. The van der Waals surface area contributed by atoms with E-state index in [1.165, 1.54) is 0 Å². The number of hydrogen-bond donors (Lipinski definition) is 2. The second-order valence-electron chi connectivity index (χ2n) is 8.23. The molecule has 0 aromatic heterocycles. The minimum absolute atomic E-state index is 0.00566. The molecule has 0 spiro atoms. The van der Waals surface area contributed by atoms with Crippen LogP contribution in [-0.4, -0.2) is 24.3 Å². The monoisotopic (exact) mass is 483 g/mol. The van der Waals surface area contributed by atoms with Crippen molar-refractivity contribution in [3.05, 3.63) is 68.7 Å². The van der Waals surface area contributed by atoms with E-state index in [-0.39, 0.29) is 16.6 Å². The molecule has 0 unspecified atom stereocenters. The average molecular weight is 484 g/mol. The zero-order valence-electron chi connectivity index (χ0n) is 17.1. The lowest BCUT2D eigenvalue weighted by Gasteiger charge is -2.29. The normalized spacial score (nSPS) is 20.5. The van der Waals surface area contributed by atoms with Crippen molar-refractivity contribution in [2.24, 2.45) is 10.9 Å². The lowest BCUT2D eigenvalue weighted by molar-refractivity contribution is -0.137. The first-order valence-corrected chi connectivity index (χ1v) is 11.2. The molecular weight excluding hydrogens is 462 g/mol. The molecule has 0 atom stereocenters. The van der Waals surface area contributed by atoms with Crippen LogP contribution in [0.2, 0.25) is 10.0 Å². The van der Waals surface area contributed by atoms with Crippen molar-refractivity contribution in [3.8, 4) is 0 Å². The number of amidine groups is 1. The summed E-state index contributed by atoms with van der Waals surface area (Å²) in [5, 5.41) is 6.95. The highest BCUT2D eigenvalue weighted by molar-refractivity contribution is 6.33. The fourth-order valence-corrected chi connectivity index (χ4v) is 4.57. The van der Waals surface area contributed by atoms with E-state index in [0.29, 0.717) is 17.5 Å². The Labute approximate surface area is 194 Å². The first kappa shape index (κ1) is 22.9. The molecule has 2 aromatic rings. The molecule has 4 nitrogen and oxygen atoms in total. The first-order valence-electron chi connectivity index (χ1n) is 10.5. The maximum Gasteiger partial charge on any atom is 0.416 e. The maximum atomic E-state index is 13.0. The van der Waals surface area contributed by atoms with Crippen LogP contribution in [0.15, 0.2) is 41.4 Å². The van der Waals surface area contributed by atoms with Crippen LogP contribution >= 0.6 is 23.2 Å². The van der Waals surface area contributed by atoms with E-state index in [9.17, 15) is 18.0 Å². The summed E-state index contributed by atoms with van der Waals surface area (Å²) in [4.78, 5) is 17.1. The number of aliphatic imine (C=N–C) groups is 1. The van der Waals surface area contributed by atoms with Crippen LogP contribution in [0.25, 0.3) is 0 Å². The SMILES string of the molecule is O=C(NC1CCC(CNC2=NCc3ccc(Cl)cc32)CC1)c1cc(C(F)(F)F)ccc1Cl. The molecular formula is C23H22Cl2F3N3O. The summed E-state index contributed by atoms with van der Waals surface area (Å²) in [6.07, 6.45) is -1.23. The Kier molecular flexibility index (Phi) is 6.67. The number of carbonyl (C=O) groups is 1. The largest absolute Gasteiger partial charge is 0.416 e. The number of fused-ring (bicyclic) bond motifs is 1. The Morgan fingerprint density at radius 3 is 2.53 bits per heavy atom. The van der Waals surface area contributed by atoms with E-state index in [1.807, 2.05) is 18.2 Å². The van der Waals surface area contributed by atoms with Crippen LogP contribution in [0.3, 0.4) is 0 Å². The average Bonchev–Trinajstić information content (AvgIpc) is 3.14. The molecule has 1 saturated carbocycles. The number of benzene rings is 2. The molecule has 0 radical (unpaired) electrons. The number of halogens is 5. The first-order chi connectivity index (χ1) is 15.2. The van der Waals surface area contributed by atoms with Gasteiger partial charge in [-0.15, -0.1) is 0 Å². The van der Waals surface area contributed by atoms with Crippen molar-refractivity contribution < 1.29 is 18.0 Å². The number of alkyl halides is 3. The molecule has 1 amide bonds. The van der Waals surface area contributed by atoms with Gasteiger partial charge in [0.05, 0.1) is 22.7 Å². The van der Waals surface area contributed by atoms with Gasteiger partial charge in [0.1, 0.15) is 5.84 Å². The number of hydrogen-bond acceptors (Lipinski definition) is 3. The standard InChI is InChI=1S/C23H22Cl2F3N3O/c24-16-5-3-14-12-30-21(18(14)10-16)29-11-13-1-6-17(7-2-13)31-22(32)19-9-15(23(26,27)28)4-8-20(19)25/h3-5,8-10,13,17H,1-2,6-7,11-12H2,(H,29,30)(H,31,32). The van der Waals surface area contributed by atoms with Crippen LogP contribution in [0.5, 0.6) is 0 Å². The maximum absolute atomic E-state index is 13.0. The van der Waals surface area contributed by atoms with Crippen molar-refractivity contribution in [1.29, 1.82) is 0 Å². The fourth-order valence-electron chi connectivity index (χ4n) is 4.20. The molecule has 1 aliphatic heterocycles. The summed E-state index contributed by atoms with van der Waals surface area (Å²) in [7, 11) is 0. The minimum atomic E-state index is -4.53. The highest BCUT2D eigenvalue weighted by Gasteiger charge is 2.32. The summed E-state index contributed by atoms with van der Waals surface area (Å²) < 4.78 is 38.9. The van der Waals surface area contributed by atoms with Gasteiger partial charge in [0, 0.05) is 23.2 Å². The van der Waals surface area contributed by atoms with E-state index in [4.69, 9.17) is 23.2 Å². The van der Waals surface area contributed by atoms with E-state index in [1.54, 1.807) is 0 Å². The Hall–Kier alpha value is -2.25. The van der Waals surface area contributed by atoms with Gasteiger partial charge >= 0.3 is 6.18 Å². The van der Waals surface area contributed by atoms with Gasteiger partial charge in [0.25, 0.3) is 5.91 Å². The van der Waals surface area contributed by atoms with Crippen LogP contribution < -0.4 is 10.6 Å². The van der Waals surface area contributed by atoms with Crippen molar-refractivity contribution in [2.45, 2.75) is 44.4 Å². The summed E-state index contributed by atoms with van der Waals surface area (Å²) in [5.41, 5.74) is 1.15. The lowest BCUT2D eigenvalue weighted by atomic mass is 9.85. The summed E-state index contributed by atoms with van der Waals surface area (Å²) in [5.74, 6) is 0.708. The van der Waals surface area contributed by atoms with Crippen LogP contribution in [0.1, 0.15) is 52.7 Å². The third kappa shape index (κ3) is 5.21. The predicted molar refractivity (Wildman–Crippen MR) is 119 cm³/mol. The fraction of sp³-hybridized carbons (Fsp3) is 0.391. The van der Waals surface area contributed by atoms with Gasteiger partial charge in [-0.2, -0.15) is 13.2 Å². The van der Waals surface area contributed by atoms with E-state index in [2.05, 4.69) is 15.6 Å². The molecule has 170 valence electrons. The van der Waals surface area contributed by atoms with Crippen molar-refractivity contribution in [2.75, 3.05) is 6.54 Å². The number of rotatable bonds is 4. The van der Waals surface area contributed by atoms with Gasteiger partial charge in [-0.25, -0.2) is 0 Å². The summed E-state index contributed by atoms with van der Waals surface area (Å²) >= 11 is 12.1. The van der Waals surface area contributed by atoms with Crippen LogP contribution in [0, 0.1) is 5.92 Å². The Morgan fingerprint density at radius 1 is 1.06 bits per heavy atom.